The highest BCUT2D eigenvalue weighted by Crippen LogP contribution is 2.30. The third-order valence-corrected chi connectivity index (χ3v) is 4.45. The molecule has 0 bridgehead atoms. The van der Waals surface area contributed by atoms with Crippen LogP contribution in [-0.4, -0.2) is 37.6 Å². The van der Waals surface area contributed by atoms with Gasteiger partial charge >= 0.3 is 6.03 Å². The lowest BCUT2D eigenvalue weighted by Gasteiger charge is -2.13. The van der Waals surface area contributed by atoms with Crippen LogP contribution in [-0.2, 0) is 9.53 Å². The molecule has 142 valence electrons. The van der Waals surface area contributed by atoms with Crippen molar-refractivity contribution in [2.45, 2.75) is 45.4 Å². The summed E-state index contributed by atoms with van der Waals surface area (Å²) in [6.07, 6.45) is 6.58. The summed E-state index contributed by atoms with van der Waals surface area (Å²) < 4.78 is 10.8. The van der Waals surface area contributed by atoms with Crippen LogP contribution < -0.4 is 10.1 Å². The van der Waals surface area contributed by atoms with E-state index >= 15 is 0 Å². The Kier molecular flexibility index (Phi) is 7.51. The molecule has 2 rings (SSSR count). The van der Waals surface area contributed by atoms with Crippen molar-refractivity contribution in [3.05, 3.63) is 35.5 Å². The molecule has 6 heteroatoms. The van der Waals surface area contributed by atoms with Crippen LogP contribution in [0.15, 0.2) is 30.0 Å². The zero-order chi connectivity index (χ0) is 18.9. The molecule has 0 aromatic heterocycles. The van der Waals surface area contributed by atoms with E-state index in [1.807, 2.05) is 12.1 Å². The maximum atomic E-state index is 12.7. The van der Waals surface area contributed by atoms with Crippen molar-refractivity contribution in [3.8, 4) is 5.75 Å². The minimum Gasteiger partial charge on any atom is -0.496 e. The van der Waals surface area contributed by atoms with Gasteiger partial charge in [0.15, 0.2) is 11.5 Å². The minimum atomic E-state index is -0.400. The van der Waals surface area contributed by atoms with Gasteiger partial charge in [-0.05, 0) is 18.6 Å². The van der Waals surface area contributed by atoms with E-state index in [1.165, 1.54) is 31.3 Å². The molecule has 1 aliphatic rings. The van der Waals surface area contributed by atoms with Gasteiger partial charge in [-0.2, -0.15) is 0 Å². The van der Waals surface area contributed by atoms with Crippen LogP contribution in [0.4, 0.5) is 4.79 Å². The van der Waals surface area contributed by atoms with Crippen molar-refractivity contribution >= 4 is 17.7 Å². The van der Waals surface area contributed by atoms with Crippen LogP contribution in [0.5, 0.6) is 5.75 Å². The zero-order valence-corrected chi connectivity index (χ0v) is 15.8. The third kappa shape index (κ3) is 4.56. The van der Waals surface area contributed by atoms with Gasteiger partial charge in [-0.15, -0.1) is 0 Å². The first kappa shape index (κ1) is 19.8. The van der Waals surface area contributed by atoms with Gasteiger partial charge in [-0.1, -0.05) is 51.2 Å². The molecule has 3 amide bonds. The van der Waals surface area contributed by atoms with Crippen LogP contribution >= 0.6 is 0 Å². The molecule has 1 aliphatic heterocycles. The topological polar surface area (TPSA) is 67.9 Å². The summed E-state index contributed by atoms with van der Waals surface area (Å²) in [5, 5.41) is 2.65. The molecule has 1 heterocycles. The molecular formula is C20H28N2O4. The molecule has 1 saturated heterocycles. The maximum Gasteiger partial charge on any atom is 0.329 e. The van der Waals surface area contributed by atoms with E-state index < -0.39 is 6.03 Å². The van der Waals surface area contributed by atoms with Crippen molar-refractivity contribution in [3.63, 3.8) is 0 Å². The van der Waals surface area contributed by atoms with Crippen molar-refractivity contribution in [2.75, 3.05) is 20.8 Å². The molecule has 0 spiro atoms. The molecule has 0 radical (unpaired) electrons. The van der Waals surface area contributed by atoms with Crippen LogP contribution in [0.1, 0.15) is 51.0 Å². The number of amides is 3. The molecule has 1 aromatic carbocycles. The highest BCUT2D eigenvalue weighted by molar-refractivity contribution is 6.15. The van der Waals surface area contributed by atoms with E-state index in [-0.39, 0.29) is 11.6 Å². The number of carbonyl (C=O) groups is 2. The number of unbranched alkanes of at least 4 members (excludes halogenated alkanes) is 5. The van der Waals surface area contributed by atoms with Crippen LogP contribution in [0.3, 0.4) is 0 Å². The summed E-state index contributed by atoms with van der Waals surface area (Å²) in [7, 11) is 3.03. The Morgan fingerprint density at radius 3 is 2.42 bits per heavy atom. The summed E-state index contributed by atoms with van der Waals surface area (Å²) in [4.78, 5) is 26.2. The van der Waals surface area contributed by atoms with Gasteiger partial charge < -0.3 is 9.47 Å². The molecule has 1 aromatic rings. The number of hydrogen-bond donors (Lipinski definition) is 1. The van der Waals surface area contributed by atoms with Crippen molar-refractivity contribution in [1.82, 2.24) is 10.2 Å². The predicted octanol–water partition coefficient (Wildman–Crippen LogP) is 3.92. The normalized spacial score (nSPS) is 15.9. The third-order valence-electron chi connectivity index (χ3n) is 4.45. The molecule has 1 fully saturated rings. The second kappa shape index (κ2) is 9.85. The predicted molar refractivity (Wildman–Crippen MR) is 101 cm³/mol. The summed E-state index contributed by atoms with van der Waals surface area (Å²) in [5.74, 6) is 0.533. The number of rotatable bonds is 10. The van der Waals surface area contributed by atoms with E-state index in [0.717, 1.165) is 19.3 Å². The Balaban J connectivity index is 2.11. The first-order valence-electron chi connectivity index (χ1n) is 9.18. The highest BCUT2D eigenvalue weighted by atomic mass is 16.5. The molecule has 0 aliphatic carbocycles. The van der Waals surface area contributed by atoms with Crippen LogP contribution in [0.25, 0.3) is 5.76 Å². The molecule has 0 saturated carbocycles. The Bertz CT molecular complexity index is 670. The fourth-order valence-corrected chi connectivity index (χ4v) is 3.04. The largest absolute Gasteiger partial charge is 0.496 e. The molecule has 0 atom stereocenters. The number of para-hydroxylation sites is 1. The summed E-state index contributed by atoms with van der Waals surface area (Å²) in [6, 6.07) is 6.83. The lowest BCUT2D eigenvalue weighted by Crippen LogP contribution is -2.31. The molecular weight excluding hydrogens is 332 g/mol. The number of nitrogens with one attached hydrogen (secondary N) is 1. The van der Waals surface area contributed by atoms with Crippen LogP contribution in [0, 0.1) is 0 Å². The maximum absolute atomic E-state index is 12.7. The molecule has 6 nitrogen and oxygen atoms in total. The Labute approximate surface area is 155 Å². The van der Waals surface area contributed by atoms with Gasteiger partial charge in [0.1, 0.15) is 5.75 Å². The minimum absolute atomic E-state index is 0.160. The molecule has 1 N–H and O–H groups in total. The number of hydrogen-bond acceptors (Lipinski definition) is 4. The van der Waals surface area contributed by atoms with E-state index in [1.54, 1.807) is 19.2 Å². The number of urea groups is 1. The standard InChI is InChI=1S/C20H28N2O4/c1-4-5-6-7-8-11-14-22-19(23)17(21-20(22)24)18(26-3)15-12-9-10-13-16(15)25-2/h9-10,12-13H,4-8,11,14H2,1-3H3,(H,21,24). The Morgan fingerprint density at radius 2 is 1.73 bits per heavy atom. The number of ether oxygens (including phenoxy) is 2. The lowest BCUT2D eigenvalue weighted by molar-refractivity contribution is -0.123. The fraction of sp³-hybridized carbons (Fsp3) is 0.500. The Hall–Kier alpha value is -2.50. The summed E-state index contributed by atoms with van der Waals surface area (Å²) in [5.41, 5.74) is 0.788. The average Bonchev–Trinajstić information content (AvgIpc) is 2.93. The Morgan fingerprint density at radius 1 is 1.04 bits per heavy atom. The van der Waals surface area contributed by atoms with Crippen molar-refractivity contribution in [2.24, 2.45) is 0 Å². The zero-order valence-electron chi connectivity index (χ0n) is 15.8. The quantitative estimate of drug-likeness (QED) is 0.297. The average molecular weight is 360 g/mol. The fourth-order valence-electron chi connectivity index (χ4n) is 3.04. The number of benzene rings is 1. The van der Waals surface area contributed by atoms with Gasteiger partial charge in [0.05, 0.1) is 19.8 Å². The number of methoxy groups -OCH3 is 2. The molecule has 26 heavy (non-hydrogen) atoms. The smallest absolute Gasteiger partial charge is 0.329 e. The van der Waals surface area contributed by atoms with Crippen molar-refractivity contribution < 1.29 is 19.1 Å². The van der Waals surface area contributed by atoms with Gasteiger partial charge in [0.25, 0.3) is 5.91 Å². The highest BCUT2D eigenvalue weighted by Gasteiger charge is 2.36. The molecule has 0 unspecified atom stereocenters. The second-order valence-electron chi connectivity index (χ2n) is 6.26. The van der Waals surface area contributed by atoms with E-state index in [0.29, 0.717) is 23.6 Å². The van der Waals surface area contributed by atoms with Gasteiger partial charge in [0.2, 0.25) is 0 Å². The first-order valence-corrected chi connectivity index (χ1v) is 9.18. The number of nitrogens with zero attached hydrogens (tertiary/aromatic N) is 1. The van der Waals surface area contributed by atoms with Gasteiger partial charge in [0, 0.05) is 6.54 Å². The second-order valence-corrected chi connectivity index (χ2v) is 6.26. The number of imide groups is 1. The van der Waals surface area contributed by atoms with Crippen molar-refractivity contribution in [1.29, 1.82) is 0 Å². The summed E-state index contributed by atoms with van der Waals surface area (Å²) in [6.45, 7) is 2.60. The van der Waals surface area contributed by atoms with Gasteiger partial charge in [-0.25, -0.2) is 4.79 Å². The monoisotopic (exact) mass is 360 g/mol. The lowest BCUT2D eigenvalue weighted by atomic mass is 10.1. The first-order chi connectivity index (χ1) is 12.6. The van der Waals surface area contributed by atoms with Gasteiger partial charge in [-0.3, -0.25) is 15.0 Å². The number of carbonyl (C=O) groups excluding carboxylic acids is 2. The van der Waals surface area contributed by atoms with E-state index in [9.17, 15) is 9.59 Å². The SMILES string of the molecule is CCCCCCCCN1C(=O)NC(=C(OC)c2ccccc2OC)C1=O. The summed E-state index contributed by atoms with van der Waals surface area (Å²) >= 11 is 0. The van der Waals surface area contributed by atoms with E-state index in [4.69, 9.17) is 9.47 Å². The van der Waals surface area contributed by atoms with Crippen LogP contribution in [0.2, 0.25) is 0 Å². The van der Waals surface area contributed by atoms with E-state index in [2.05, 4.69) is 12.2 Å².